The molecule has 1 aliphatic rings. The minimum absolute atomic E-state index is 0.0510. The lowest BCUT2D eigenvalue weighted by Crippen LogP contribution is -2.68. The maximum atomic E-state index is 13.0. The third-order valence-corrected chi connectivity index (χ3v) is 2.50. The lowest BCUT2D eigenvalue weighted by molar-refractivity contribution is -0.374. The highest BCUT2D eigenvalue weighted by Crippen LogP contribution is 2.64. The topological polar surface area (TPSA) is 9.23 Å². The van der Waals surface area contributed by atoms with Crippen molar-refractivity contribution in [3.8, 4) is 0 Å². The molecule has 0 heterocycles. The zero-order valence-corrected chi connectivity index (χ0v) is 9.07. The van der Waals surface area contributed by atoms with Crippen LogP contribution in [0.3, 0.4) is 0 Å². The first-order chi connectivity index (χ1) is 8.56. The maximum Gasteiger partial charge on any atom is 0.422 e. The van der Waals surface area contributed by atoms with E-state index in [-0.39, 0.29) is 7.11 Å². The van der Waals surface area contributed by atoms with E-state index in [0.29, 0.717) is 0 Å². The fourth-order valence-electron chi connectivity index (χ4n) is 1.53. The minimum Gasteiger partial charge on any atom is -0.494 e. The van der Waals surface area contributed by atoms with Crippen LogP contribution in [0.5, 0.6) is 0 Å². The van der Waals surface area contributed by atoms with Crippen molar-refractivity contribution in [2.75, 3.05) is 7.11 Å². The van der Waals surface area contributed by atoms with Gasteiger partial charge in [0.15, 0.2) is 11.3 Å². The maximum absolute atomic E-state index is 13.0. The molecule has 118 valence electrons. The Kier molecular flexibility index (Phi) is 3.29. The van der Waals surface area contributed by atoms with Crippen molar-refractivity contribution in [1.29, 1.82) is 0 Å². The molecular weight excluding hydrogens is 321 g/mol. The molecule has 0 unspecified atom stereocenters. The Bertz CT molecular complexity index is 444. The van der Waals surface area contributed by atoms with Crippen LogP contribution in [0.4, 0.5) is 48.3 Å². The number of hydrogen-bond acceptors (Lipinski definition) is 1. The van der Waals surface area contributed by atoms with Crippen LogP contribution >= 0.6 is 0 Å². The van der Waals surface area contributed by atoms with Crippen molar-refractivity contribution in [3.05, 3.63) is 11.3 Å². The van der Waals surface area contributed by atoms with Gasteiger partial charge in [-0.15, -0.1) is 0 Å². The van der Waals surface area contributed by atoms with Crippen molar-refractivity contribution < 1.29 is 53.0 Å². The summed E-state index contributed by atoms with van der Waals surface area (Å²) in [6, 6.07) is 0. The monoisotopic (exact) mass is 324 g/mol. The van der Waals surface area contributed by atoms with Gasteiger partial charge in [-0.1, -0.05) is 0 Å². The predicted molar refractivity (Wildman–Crippen MR) is 39.9 cm³/mol. The van der Waals surface area contributed by atoms with E-state index in [1.165, 1.54) is 0 Å². The molecule has 12 heteroatoms. The highest BCUT2D eigenvalue weighted by Gasteiger charge is 2.89. The molecule has 0 saturated carbocycles. The number of halogens is 11. The van der Waals surface area contributed by atoms with Crippen LogP contribution in [-0.2, 0) is 4.74 Å². The van der Waals surface area contributed by atoms with Crippen molar-refractivity contribution in [2.24, 2.45) is 0 Å². The van der Waals surface area contributed by atoms with E-state index in [1.54, 1.807) is 0 Å². The fourth-order valence-corrected chi connectivity index (χ4v) is 1.53. The fraction of sp³-hybridized carbons (Fsp3) is 0.750. The van der Waals surface area contributed by atoms with Gasteiger partial charge in [0.2, 0.25) is 0 Å². The second kappa shape index (κ2) is 3.91. The normalized spacial score (nSPS) is 27.4. The molecule has 0 atom stereocenters. The van der Waals surface area contributed by atoms with Crippen LogP contribution in [-0.4, -0.2) is 37.0 Å². The van der Waals surface area contributed by atoms with Gasteiger partial charge in [0.05, 0.1) is 7.11 Å². The molecule has 0 aromatic rings. The zero-order valence-electron chi connectivity index (χ0n) is 9.07. The van der Waals surface area contributed by atoms with Gasteiger partial charge in [-0.2, -0.15) is 48.3 Å². The molecule has 0 amide bonds. The van der Waals surface area contributed by atoms with Gasteiger partial charge in [0.1, 0.15) is 0 Å². The lowest BCUT2D eigenvalue weighted by atomic mass is 9.84. The number of hydrogen-bond donors (Lipinski definition) is 0. The van der Waals surface area contributed by atoms with Gasteiger partial charge in [-0.25, -0.2) is 0 Å². The molecule has 0 saturated heterocycles. The zero-order chi connectivity index (χ0) is 16.4. The first-order valence-corrected chi connectivity index (χ1v) is 4.44. The predicted octanol–water partition coefficient (Wildman–Crippen LogP) is 4.00. The van der Waals surface area contributed by atoms with Gasteiger partial charge in [-0.05, 0) is 0 Å². The summed E-state index contributed by atoms with van der Waals surface area (Å²) < 4.78 is 143. The summed E-state index contributed by atoms with van der Waals surface area (Å²) in [6.07, 6.45) is -6.43. The van der Waals surface area contributed by atoms with Gasteiger partial charge in [0, 0.05) is 0 Å². The Morgan fingerprint density at radius 1 is 0.750 bits per heavy atom. The largest absolute Gasteiger partial charge is 0.494 e. The minimum atomic E-state index is -6.96. The van der Waals surface area contributed by atoms with Crippen LogP contribution < -0.4 is 0 Å². The summed E-state index contributed by atoms with van der Waals surface area (Å²) in [6.45, 7) is 0. The summed E-state index contributed by atoms with van der Waals surface area (Å²) in [5.41, 5.74) is -3.84. The summed E-state index contributed by atoms with van der Waals surface area (Å²) in [7, 11) is -0.0510. The Morgan fingerprint density at radius 2 is 1.10 bits per heavy atom. The van der Waals surface area contributed by atoms with Crippen LogP contribution in [0, 0.1) is 0 Å². The van der Waals surface area contributed by atoms with Crippen LogP contribution in [0.25, 0.3) is 0 Å². The van der Waals surface area contributed by atoms with E-state index in [2.05, 4.69) is 4.74 Å². The molecule has 0 aromatic heterocycles. The van der Waals surface area contributed by atoms with E-state index < -0.39 is 41.2 Å². The average Bonchev–Trinajstić information content (AvgIpc) is 2.20. The number of rotatable bonds is 1. The molecule has 1 nitrogen and oxygen atoms in total. The molecule has 0 radical (unpaired) electrons. The van der Waals surface area contributed by atoms with Gasteiger partial charge in [0.25, 0.3) is 0 Å². The lowest BCUT2D eigenvalue weighted by Gasteiger charge is -2.43. The van der Waals surface area contributed by atoms with Crippen molar-refractivity contribution in [2.45, 2.75) is 29.9 Å². The number of ether oxygens (including phenoxy) is 1. The quantitative estimate of drug-likeness (QED) is 0.663. The summed E-state index contributed by atoms with van der Waals surface area (Å²) in [5, 5.41) is 0. The van der Waals surface area contributed by atoms with Gasteiger partial charge in [-0.3, -0.25) is 0 Å². The third kappa shape index (κ3) is 1.68. The number of alkyl halides is 11. The van der Waals surface area contributed by atoms with Crippen molar-refractivity contribution in [3.63, 3.8) is 0 Å². The van der Waals surface area contributed by atoms with Gasteiger partial charge >= 0.3 is 29.9 Å². The van der Waals surface area contributed by atoms with E-state index in [4.69, 9.17) is 0 Å². The Labute approximate surface area is 103 Å². The standard InChI is InChI=1S/C8H3F11O/c1-20-3-2(6(13,14)15)4(9,10)7(16,17)8(18,19)5(3,11)12/h1H3. The van der Waals surface area contributed by atoms with E-state index in [0.717, 1.165) is 0 Å². The first-order valence-electron chi connectivity index (χ1n) is 4.44. The molecule has 1 aliphatic carbocycles. The Morgan fingerprint density at radius 3 is 1.40 bits per heavy atom. The van der Waals surface area contributed by atoms with Crippen LogP contribution in [0.2, 0.25) is 0 Å². The molecule has 0 fully saturated rings. The molecule has 0 N–H and O–H groups in total. The van der Waals surface area contributed by atoms with E-state index >= 15 is 0 Å². The number of allylic oxidation sites excluding steroid dienone is 2. The molecule has 20 heavy (non-hydrogen) atoms. The average molecular weight is 324 g/mol. The number of methoxy groups -OCH3 is 1. The van der Waals surface area contributed by atoms with E-state index in [1.807, 2.05) is 0 Å². The molecular formula is C8H3F11O. The molecule has 0 aliphatic heterocycles. The second-order valence-electron chi connectivity index (χ2n) is 3.70. The SMILES string of the molecule is COC1=C(C(F)(F)F)C(F)(F)C(F)(F)C(F)(F)C1(F)F. The van der Waals surface area contributed by atoms with Crippen LogP contribution in [0.1, 0.15) is 0 Å². The molecule has 0 aromatic carbocycles. The summed E-state index contributed by atoms with van der Waals surface area (Å²) in [4.78, 5) is 0. The smallest absolute Gasteiger partial charge is 0.422 e. The summed E-state index contributed by atoms with van der Waals surface area (Å²) >= 11 is 0. The highest BCUT2D eigenvalue weighted by molar-refractivity contribution is 5.38. The highest BCUT2D eigenvalue weighted by atomic mass is 19.4. The summed E-state index contributed by atoms with van der Waals surface area (Å²) in [5.74, 6) is -29.8. The first kappa shape index (κ1) is 16.8. The third-order valence-electron chi connectivity index (χ3n) is 2.50. The van der Waals surface area contributed by atoms with Crippen LogP contribution in [0.15, 0.2) is 11.3 Å². The molecule has 0 spiro atoms. The van der Waals surface area contributed by atoms with Gasteiger partial charge < -0.3 is 4.74 Å². The Hall–Kier alpha value is -1.23. The Balaban J connectivity index is 3.89. The van der Waals surface area contributed by atoms with Crippen molar-refractivity contribution in [1.82, 2.24) is 0 Å². The molecule has 0 bridgehead atoms. The second-order valence-corrected chi connectivity index (χ2v) is 3.70. The molecule has 1 rings (SSSR count). The van der Waals surface area contributed by atoms with Crippen molar-refractivity contribution >= 4 is 0 Å². The van der Waals surface area contributed by atoms with E-state index in [9.17, 15) is 48.3 Å².